The fourth-order valence-corrected chi connectivity index (χ4v) is 5.44. The number of alkyl halides is 3. The van der Waals surface area contributed by atoms with Crippen LogP contribution < -0.4 is 4.90 Å². The minimum atomic E-state index is -5.08. The van der Waals surface area contributed by atoms with Crippen molar-refractivity contribution in [3.05, 3.63) is 90.8 Å². The van der Waals surface area contributed by atoms with E-state index in [9.17, 15) is 13.2 Å². The van der Waals surface area contributed by atoms with Gasteiger partial charge in [0.2, 0.25) is 0 Å². The molecular formula is C29H26F3N5O2S. The number of nitrogens with one attached hydrogen (secondary N) is 1. The lowest BCUT2D eigenvalue weighted by atomic mass is 10.1. The molecule has 4 heterocycles. The summed E-state index contributed by atoms with van der Waals surface area (Å²) in [5.41, 5.74) is 5.99. The Morgan fingerprint density at radius 3 is 2.33 bits per heavy atom. The summed E-state index contributed by atoms with van der Waals surface area (Å²) in [7, 11) is 0. The fourth-order valence-electron chi connectivity index (χ4n) is 4.49. The molecule has 0 saturated carbocycles. The first kappa shape index (κ1) is 27.4. The summed E-state index contributed by atoms with van der Waals surface area (Å²) < 4.78 is 31.7. The number of carboxylic acid groups (broad SMARTS) is 1. The van der Waals surface area contributed by atoms with Gasteiger partial charge in [0.1, 0.15) is 5.82 Å². The highest BCUT2D eigenvalue weighted by Gasteiger charge is 2.38. The number of pyridine rings is 1. The molecule has 1 aliphatic rings. The Labute approximate surface area is 232 Å². The highest BCUT2D eigenvalue weighted by molar-refractivity contribution is 7.18. The SMILES string of the molecule is O=C(O)C(F)(F)F.c1cc(CN2CCN(c3ccncc3)CC2)cc(-c2ccc(-c3nc4ccccc4[nH]3)s2)c1. The second kappa shape index (κ2) is 11.9. The number of imidazole rings is 1. The first-order valence-electron chi connectivity index (χ1n) is 12.6. The number of carboxylic acids is 1. The first-order valence-corrected chi connectivity index (χ1v) is 13.4. The number of anilines is 1. The molecule has 2 N–H and O–H groups in total. The molecule has 0 aliphatic carbocycles. The second-order valence-corrected chi connectivity index (χ2v) is 10.3. The Bertz CT molecular complexity index is 1540. The van der Waals surface area contributed by atoms with Crippen molar-refractivity contribution in [3.8, 4) is 21.1 Å². The zero-order chi connectivity index (χ0) is 28.1. The van der Waals surface area contributed by atoms with Crippen molar-refractivity contribution in [2.45, 2.75) is 12.7 Å². The molecule has 1 fully saturated rings. The van der Waals surface area contributed by atoms with E-state index in [1.165, 1.54) is 26.6 Å². The van der Waals surface area contributed by atoms with Crippen LogP contribution in [0.1, 0.15) is 5.56 Å². The molecule has 0 unspecified atom stereocenters. The molecule has 1 aliphatic heterocycles. The maximum atomic E-state index is 10.6. The first-order chi connectivity index (χ1) is 19.3. The summed E-state index contributed by atoms with van der Waals surface area (Å²) >= 11 is 1.79. The number of para-hydroxylation sites is 2. The Hall–Kier alpha value is -4.22. The molecule has 0 atom stereocenters. The third-order valence-electron chi connectivity index (χ3n) is 6.49. The quantitative estimate of drug-likeness (QED) is 0.260. The van der Waals surface area contributed by atoms with E-state index in [-0.39, 0.29) is 0 Å². The van der Waals surface area contributed by atoms with Gasteiger partial charge in [0.25, 0.3) is 0 Å². The maximum absolute atomic E-state index is 10.6. The normalized spacial score (nSPS) is 14.1. The van der Waals surface area contributed by atoms with Gasteiger partial charge in [0, 0.05) is 55.7 Å². The van der Waals surface area contributed by atoms with E-state index in [1.807, 2.05) is 30.6 Å². The predicted octanol–water partition coefficient (Wildman–Crippen LogP) is 6.31. The molecule has 5 aromatic rings. The molecular weight excluding hydrogens is 539 g/mol. The van der Waals surface area contributed by atoms with Crippen LogP contribution in [0.3, 0.4) is 0 Å². The van der Waals surface area contributed by atoms with E-state index in [0.29, 0.717) is 0 Å². The average molecular weight is 566 g/mol. The average Bonchev–Trinajstić information content (AvgIpc) is 3.62. The van der Waals surface area contributed by atoms with Crippen LogP contribution in [-0.4, -0.2) is 63.3 Å². The Balaban J connectivity index is 0.000000411. The molecule has 3 aromatic heterocycles. The third kappa shape index (κ3) is 6.67. The van der Waals surface area contributed by atoms with E-state index in [2.05, 4.69) is 74.4 Å². The zero-order valence-corrected chi connectivity index (χ0v) is 22.1. The number of carbonyl (C=O) groups is 1. The van der Waals surface area contributed by atoms with E-state index in [1.54, 1.807) is 11.3 Å². The van der Waals surface area contributed by atoms with Gasteiger partial charge in [-0.15, -0.1) is 11.3 Å². The number of thiophene rings is 1. The van der Waals surface area contributed by atoms with Crippen LogP contribution in [0.2, 0.25) is 0 Å². The van der Waals surface area contributed by atoms with Gasteiger partial charge < -0.3 is 15.0 Å². The zero-order valence-electron chi connectivity index (χ0n) is 21.3. The van der Waals surface area contributed by atoms with Gasteiger partial charge in [-0.1, -0.05) is 30.3 Å². The van der Waals surface area contributed by atoms with Crippen LogP contribution in [0, 0.1) is 0 Å². The smallest absolute Gasteiger partial charge is 0.475 e. The molecule has 6 rings (SSSR count). The van der Waals surface area contributed by atoms with E-state index in [4.69, 9.17) is 14.9 Å². The van der Waals surface area contributed by atoms with Gasteiger partial charge in [0.15, 0.2) is 0 Å². The molecule has 0 spiro atoms. The Kier molecular flexibility index (Phi) is 8.13. The number of benzene rings is 2. The molecule has 206 valence electrons. The molecule has 7 nitrogen and oxygen atoms in total. The van der Waals surface area contributed by atoms with E-state index in [0.717, 1.165) is 49.6 Å². The second-order valence-electron chi connectivity index (χ2n) is 9.24. The highest BCUT2D eigenvalue weighted by atomic mass is 32.1. The van der Waals surface area contributed by atoms with Gasteiger partial charge in [-0.05, 0) is 53.6 Å². The van der Waals surface area contributed by atoms with Crippen LogP contribution in [0.25, 0.3) is 32.2 Å². The summed E-state index contributed by atoms with van der Waals surface area (Å²) in [5.74, 6) is -1.82. The molecule has 0 amide bonds. The lowest BCUT2D eigenvalue weighted by Crippen LogP contribution is -2.45. The lowest BCUT2D eigenvalue weighted by Gasteiger charge is -2.36. The summed E-state index contributed by atoms with van der Waals surface area (Å²) in [4.78, 5) is 28.7. The fraction of sp³-hybridized carbons (Fsp3) is 0.207. The number of aromatic nitrogens is 3. The minimum absolute atomic E-state index is 0.940. The van der Waals surface area contributed by atoms with Gasteiger partial charge in [-0.2, -0.15) is 13.2 Å². The largest absolute Gasteiger partial charge is 0.490 e. The monoisotopic (exact) mass is 565 g/mol. The molecule has 0 bridgehead atoms. The number of nitrogens with zero attached hydrogens (tertiary/aromatic N) is 4. The number of piperazine rings is 1. The van der Waals surface area contributed by atoms with Crippen LogP contribution in [0.4, 0.5) is 18.9 Å². The molecule has 2 aromatic carbocycles. The molecule has 1 saturated heterocycles. The van der Waals surface area contributed by atoms with Gasteiger partial charge in [-0.25, -0.2) is 9.78 Å². The van der Waals surface area contributed by atoms with E-state index >= 15 is 0 Å². The van der Waals surface area contributed by atoms with Crippen molar-refractivity contribution in [2.24, 2.45) is 0 Å². The minimum Gasteiger partial charge on any atom is -0.475 e. The van der Waals surface area contributed by atoms with Crippen molar-refractivity contribution in [1.29, 1.82) is 0 Å². The van der Waals surface area contributed by atoms with Crippen molar-refractivity contribution < 1.29 is 23.1 Å². The number of H-pyrrole nitrogens is 1. The standard InChI is InChI=1S/C27H25N5S.C2HF3O2/c1-2-7-24-23(6-1)29-27(30-24)26-9-8-25(33-26)21-5-3-4-20(18-21)19-31-14-16-32(17-15-31)22-10-12-28-13-11-22;3-2(4,5)1(6)7/h1-13,18H,14-17,19H2,(H,29,30);(H,6,7). The maximum Gasteiger partial charge on any atom is 0.490 e. The molecule has 0 radical (unpaired) electrons. The van der Waals surface area contributed by atoms with Crippen molar-refractivity contribution >= 4 is 34.0 Å². The topological polar surface area (TPSA) is 85.3 Å². The van der Waals surface area contributed by atoms with Crippen molar-refractivity contribution in [2.75, 3.05) is 31.1 Å². The molecule has 40 heavy (non-hydrogen) atoms. The number of halogens is 3. The lowest BCUT2D eigenvalue weighted by molar-refractivity contribution is -0.192. The molecule has 11 heteroatoms. The number of hydrogen-bond donors (Lipinski definition) is 2. The Morgan fingerprint density at radius 1 is 0.925 bits per heavy atom. The highest BCUT2D eigenvalue weighted by Crippen LogP contribution is 2.34. The number of fused-ring (bicyclic) bond motifs is 1. The number of aromatic amines is 1. The van der Waals surface area contributed by atoms with Gasteiger partial charge in [-0.3, -0.25) is 9.88 Å². The summed E-state index contributed by atoms with van der Waals surface area (Å²) in [6.07, 6.45) is -1.34. The van der Waals surface area contributed by atoms with Crippen molar-refractivity contribution in [1.82, 2.24) is 19.9 Å². The van der Waals surface area contributed by atoms with Crippen LogP contribution in [0.5, 0.6) is 0 Å². The summed E-state index contributed by atoms with van der Waals surface area (Å²) in [6.45, 7) is 5.23. The van der Waals surface area contributed by atoms with Gasteiger partial charge >= 0.3 is 12.1 Å². The van der Waals surface area contributed by atoms with E-state index < -0.39 is 12.1 Å². The summed E-state index contributed by atoms with van der Waals surface area (Å²) in [5, 5.41) is 7.12. The van der Waals surface area contributed by atoms with Crippen LogP contribution in [-0.2, 0) is 11.3 Å². The Morgan fingerprint density at radius 2 is 1.62 bits per heavy atom. The van der Waals surface area contributed by atoms with Crippen molar-refractivity contribution in [3.63, 3.8) is 0 Å². The number of rotatable bonds is 5. The number of aliphatic carboxylic acids is 1. The summed E-state index contributed by atoms with van der Waals surface area (Å²) in [6, 6.07) is 25.7. The number of hydrogen-bond acceptors (Lipinski definition) is 6. The van der Waals surface area contributed by atoms with Crippen LogP contribution in [0.15, 0.2) is 85.2 Å². The third-order valence-corrected chi connectivity index (χ3v) is 7.63. The van der Waals surface area contributed by atoms with Gasteiger partial charge in [0.05, 0.1) is 15.9 Å². The predicted molar refractivity (Wildman–Crippen MR) is 150 cm³/mol. The van der Waals surface area contributed by atoms with Crippen LogP contribution >= 0.6 is 11.3 Å².